The summed E-state index contributed by atoms with van der Waals surface area (Å²) < 4.78 is 1.62. The average Bonchev–Trinajstić information content (AvgIpc) is 2.71. The second-order valence-electron chi connectivity index (χ2n) is 2.50. The highest BCUT2D eigenvalue weighted by Crippen LogP contribution is 2.05. The van der Waals surface area contributed by atoms with Crippen molar-refractivity contribution >= 4 is 6.29 Å². The van der Waals surface area contributed by atoms with Crippen LogP contribution in [-0.2, 0) is 4.79 Å². The van der Waals surface area contributed by atoms with Gasteiger partial charge in [-0.05, 0) is 24.3 Å². The molecule has 4 nitrogen and oxygen atoms in total. The van der Waals surface area contributed by atoms with E-state index >= 15 is 0 Å². The van der Waals surface area contributed by atoms with Crippen LogP contribution in [0, 0.1) is 0 Å². The van der Waals surface area contributed by atoms with Gasteiger partial charge < -0.3 is 0 Å². The molecule has 0 atom stereocenters. The van der Waals surface area contributed by atoms with Crippen molar-refractivity contribution in [1.29, 1.82) is 0 Å². The van der Waals surface area contributed by atoms with Crippen LogP contribution in [0.15, 0.2) is 36.7 Å². The molecular formula is C9H6N3O. The van der Waals surface area contributed by atoms with Crippen molar-refractivity contribution < 1.29 is 4.79 Å². The molecule has 1 heterocycles. The van der Waals surface area contributed by atoms with E-state index < -0.39 is 0 Å². The van der Waals surface area contributed by atoms with Crippen molar-refractivity contribution in [3.05, 3.63) is 42.2 Å². The molecule has 0 unspecified atom stereocenters. The van der Waals surface area contributed by atoms with E-state index in [1.54, 1.807) is 47.6 Å². The van der Waals surface area contributed by atoms with Crippen LogP contribution >= 0.6 is 0 Å². The molecule has 2 rings (SSSR count). The lowest BCUT2D eigenvalue weighted by atomic mass is 10.2. The van der Waals surface area contributed by atoms with E-state index in [9.17, 15) is 4.79 Å². The van der Waals surface area contributed by atoms with Crippen LogP contribution in [0.2, 0.25) is 0 Å². The summed E-state index contributed by atoms with van der Waals surface area (Å²) in [5.74, 6) is 0. The van der Waals surface area contributed by atoms with Crippen LogP contribution in [0.5, 0.6) is 0 Å². The third-order valence-electron chi connectivity index (χ3n) is 1.67. The van der Waals surface area contributed by atoms with Gasteiger partial charge >= 0.3 is 0 Å². The zero-order valence-electron chi connectivity index (χ0n) is 6.71. The third kappa shape index (κ3) is 1.46. The zero-order chi connectivity index (χ0) is 9.10. The molecular weight excluding hydrogens is 166 g/mol. The Hall–Kier alpha value is -1.97. The molecule has 0 saturated heterocycles. The molecule has 13 heavy (non-hydrogen) atoms. The van der Waals surface area contributed by atoms with Crippen LogP contribution in [0.4, 0.5) is 0 Å². The molecule has 0 amide bonds. The number of rotatable bonds is 2. The molecule has 1 aromatic heterocycles. The fourth-order valence-corrected chi connectivity index (χ4v) is 1.03. The van der Waals surface area contributed by atoms with Crippen molar-refractivity contribution in [3.63, 3.8) is 0 Å². The maximum atomic E-state index is 10.2. The Morgan fingerprint density at radius 3 is 2.54 bits per heavy atom. The van der Waals surface area contributed by atoms with Crippen molar-refractivity contribution in [2.24, 2.45) is 0 Å². The van der Waals surface area contributed by atoms with E-state index in [2.05, 4.69) is 10.3 Å². The van der Waals surface area contributed by atoms with Gasteiger partial charge in [0.05, 0.1) is 18.1 Å². The van der Waals surface area contributed by atoms with Crippen LogP contribution in [0.1, 0.15) is 5.56 Å². The smallest absolute Gasteiger partial charge is 0.233 e. The van der Waals surface area contributed by atoms with E-state index in [1.807, 2.05) is 0 Å². The number of hydrogen-bond donors (Lipinski definition) is 0. The number of benzene rings is 1. The van der Waals surface area contributed by atoms with Crippen molar-refractivity contribution in [1.82, 2.24) is 15.0 Å². The van der Waals surface area contributed by atoms with Gasteiger partial charge in [-0.2, -0.15) is 0 Å². The number of hydrogen-bond acceptors (Lipinski definition) is 3. The van der Waals surface area contributed by atoms with Crippen LogP contribution in [0.25, 0.3) is 5.69 Å². The quantitative estimate of drug-likeness (QED) is 0.670. The van der Waals surface area contributed by atoms with Crippen LogP contribution in [0.3, 0.4) is 0 Å². The monoisotopic (exact) mass is 172 g/mol. The molecule has 2 aromatic rings. The first-order valence-corrected chi connectivity index (χ1v) is 3.75. The number of carbonyl (C=O) groups excluding carboxylic acids is 1. The van der Waals surface area contributed by atoms with Gasteiger partial charge in [0.2, 0.25) is 6.29 Å². The molecule has 0 aliphatic rings. The lowest BCUT2D eigenvalue weighted by Crippen LogP contribution is -1.94. The summed E-state index contributed by atoms with van der Waals surface area (Å²) >= 11 is 0. The average molecular weight is 172 g/mol. The normalized spacial score (nSPS) is 9.85. The van der Waals surface area contributed by atoms with E-state index in [1.165, 1.54) is 0 Å². The topological polar surface area (TPSA) is 47.8 Å². The molecule has 0 fully saturated rings. The fourth-order valence-electron chi connectivity index (χ4n) is 1.03. The van der Waals surface area contributed by atoms with Crippen LogP contribution < -0.4 is 0 Å². The summed E-state index contributed by atoms with van der Waals surface area (Å²) in [5, 5.41) is 7.49. The van der Waals surface area contributed by atoms with Gasteiger partial charge in [0.1, 0.15) is 0 Å². The van der Waals surface area contributed by atoms with Gasteiger partial charge in [-0.3, -0.25) is 4.79 Å². The third-order valence-corrected chi connectivity index (χ3v) is 1.67. The van der Waals surface area contributed by atoms with Gasteiger partial charge in [-0.1, -0.05) is 5.21 Å². The predicted molar refractivity (Wildman–Crippen MR) is 46.2 cm³/mol. The second kappa shape index (κ2) is 3.18. The summed E-state index contributed by atoms with van der Waals surface area (Å²) in [6.45, 7) is 0. The Labute approximate surface area is 74.8 Å². The summed E-state index contributed by atoms with van der Waals surface area (Å²) in [7, 11) is 0. The standard InChI is InChI=1S/C9H6N3O/c13-7-8-1-3-9(4-2-8)12-6-5-10-11-12/h1-6H. The summed E-state index contributed by atoms with van der Waals surface area (Å²) in [5.41, 5.74) is 1.40. The SMILES string of the molecule is O=[C]c1ccc(-n2ccnn2)cc1. The molecule has 0 bridgehead atoms. The first-order valence-electron chi connectivity index (χ1n) is 3.75. The van der Waals surface area contributed by atoms with Gasteiger partial charge in [-0.15, -0.1) is 5.10 Å². The fraction of sp³-hybridized carbons (Fsp3) is 0. The highest BCUT2D eigenvalue weighted by atomic mass is 16.1. The van der Waals surface area contributed by atoms with Crippen LogP contribution in [-0.4, -0.2) is 21.3 Å². The number of aromatic nitrogens is 3. The molecule has 0 aliphatic carbocycles. The Morgan fingerprint density at radius 1 is 1.23 bits per heavy atom. The minimum atomic E-state index is 0.531. The van der Waals surface area contributed by atoms with E-state index in [-0.39, 0.29) is 0 Å². The Kier molecular flexibility index (Phi) is 1.88. The maximum absolute atomic E-state index is 10.2. The minimum Gasteiger partial charge on any atom is -0.285 e. The lowest BCUT2D eigenvalue weighted by Gasteiger charge is -1.98. The van der Waals surface area contributed by atoms with Gasteiger partial charge in [0, 0.05) is 5.56 Å². The molecule has 1 aromatic carbocycles. The van der Waals surface area contributed by atoms with E-state index in [0.29, 0.717) is 5.56 Å². The first-order chi connectivity index (χ1) is 6.40. The molecule has 0 N–H and O–H groups in total. The highest BCUT2D eigenvalue weighted by Gasteiger charge is 1.96. The maximum Gasteiger partial charge on any atom is 0.233 e. The Balaban J connectivity index is 2.38. The minimum absolute atomic E-state index is 0.531. The Morgan fingerprint density at radius 2 is 2.00 bits per heavy atom. The molecule has 4 heteroatoms. The van der Waals surface area contributed by atoms with Crippen molar-refractivity contribution in [2.75, 3.05) is 0 Å². The molecule has 1 radical (unpaired) electrons. The zero-order valence-corrected chi connectivity index (χ0v) is 6.71. The lowest BCUT2D eigenvalue weighted by molar-refractivity contribution is 0.563. The Bertz CT molecular complexity index is 391. The van der Waals surface area contributed by atoms with Crippen molar-refractivity contribution in [3.8, 4) is 5.69 Å². The summed E-state index contributed by atoms with van der Waals surface area (Å²) in [4.78, 5) is 10.2. The number of nitrogens with zero attached hydrogens (tertiary/aromatic N) is 3. The van der Waals surface area contributed by atoms with E-state index in [4.69, 9.17) is 0 Å². The van der Waals surface area contributed by atoms with Gasteiger partial charge in [-0.25, -0.2) is 4.68 Å². The van der Waals surface area contributed by atoms with Crippen molar-refractivity contribution in [2.45, 2.75) is 0 Å². The second-order valence-corrected chi connectivity index (χ2v) is 2.50. The summed E-state index contributed by atoms with van der Waals surface area (Å²) in [6, 6.07) is 6.94. The van der Waals surface area contributed by atoms with E-state index in [0.717, 1.165) is 5.69 Å². The highest BCUT2D eigenvalue weighted by molar-refractivity contribution is 5.75. The largest absolute Gasteiger partial charge is 0.285 e. The first kappa shape index (κ1) is 7.67. The summed E-state index contributed by atoms with van der Waals surface area (Å²) in [6.07, 6.45) is 5.14. The molecule has 0 saturated carbocycles. The van der Waals surface area contributed by atoms with Gasteiger partial charge in [0.15, 0.2) is 0 Å². The predicted octanol–water partition coefficient (Wildman–Crippen LogP) is 0.725. The van der Waals surface area contributed by atoms with Gasteiger partial charge in [0.25, 0.3) is 0 Å². The molecule has 0 aliphatic heterocycles. The molecule has 63 valence electrons. The molecule has 0 spiro atoms.